The molecule has 0 saturated carbocycles. The van der Waals surface area contributed by atoms with Crippen molar-refractivity contribution in [3.05, 3.63) is 0 Å². The van der Waals surface area contributed by atoms with Gasteiger partial charge in [0.15, 0.2) is 0 Å². The molecule has 1 saturated heterocycles. The van der Waals surface area contributed by atoms with Crippen LogP contribution in [0.2, 0.25) is 0 Å². The molecule has 3 heteroatoms. The maximum Gasteiger partial charge on any atom is 0.0588 e. The lowest BCUT2D eigenvalue weighted by Crippen LogP contribution is -2.36. The highest BCUT2D eigenvalue weighted by molar-refractivity contribution is 4.75. The van der Waals surface area contributed by atoms with Gasteiger partial charge in [0.2, 0.25) is 0 Å². The molecule has 1 fully saturated rings. The van der Waals surface area contributed by atoms with Crippen LogP contribution in [-0.4, -0.2) is 31.8 Å². The lowest BCUT2D eigenvalue weighted by Gasteiger charge is -2.16. The minimum atomic E-state index is 0.303. The van der Waals surface area contributed by atoms with Crippen LogP contribution >= 0.6 is 0 Å². The molecule has 1 aliphatic heterocycles. The monoisotopic (exact) mass is 186 g/mol. The minimum absolute atomic E-state index is 0.303. The molecule has 78 valence electrons. The number of hydrogen-bond donors (Lipinski definition) is 2. The molecule has 0 amide bonds. The normalized spacial score (nSPS) is 30.7. The fourth-order valence-electron chi connectivity index (χ4n) is 1.64. The molecule has 1 aliphatic rings. The first kappa shape index (κ1) is 11.0. The molecular formula is C10H22N2O. The van der Waals surface area contributed by atoms with Gasteiger partial charge in [0.1, 0.15) is 0 Å². The van der Waals surface area contributed by atoms with E-state index in [0.29, 0.717) is 18.1 Å². The van der Waals surface area contributed by atoms with Crippen LogP contribution < -0.4 is 11.1 Å². The summed E-state index contributed by atoms with van der Waals surface area (Å²) in [4.78, 5) is 0. The average molecular weight is 186 g/mol. The second-order valence-corrected chi connectivity index (χ2v) is 3.95. The molecule has 0 spiro atoms. The lowest BCUT2D eigenvalue weighted by atomic mass is 10.0. The zero-order valence-electron chi connectivity index (χ0n) is 8.75. The summed E-state index contributed by atoms with van der Waals surface area (Å²) in [5.74, 6) is 0.684. The fourth-order valence-corrected chi connectivity index (χ4v) is 1.64. The molecule has 1 heterocycles. The maximum absolute atomic E-state index is 5.80. The molecule has 3 N–H and O–H groups in total. The van der Waals surface area contributed by atoms with Gasteiger partial charge in [-0.15, -0.1) is 0 Å². The highest BCUT2D eigenvalue weighted by atomic mass is 16.5. The van der Waals surface area contributed by atoms with Crippen molar-refractivity contribution >= 4 is 0 Å². The zero-order chi connectivity index (χ0) is 9.68. The van der Waals surface area contributed by atoms with Crippen molar-refractivity contribution < 1.29 is 4.74 Å². The summed E-state index contributed by atoms with van der Waals surface area (Å²) in [5.41, 5.74) is 5.80. The third-order valence-corrected chi connectivity index (χ3v) is 2.87. The van der Waals surface area contributed by atoms with Gasteiger partial charge in [-0.25, -0.2) is 0 Å². The van der Waals surface area contributed by atoms with Gasteiger partial charge in [-0.05, 0) is 25.7 Å². The Labute approximate surface area is 81.0 Å². The Morgan fingerprint density at radius 3 is 2.92 bits per heavy atom. The summed E-state index contributed by atoms with van der Waals surface area (Å²) < 4.78 is 5.48. The number of rotatable bonds is 5. The average Bonchev–Trinajstić information content (AvgIpc) is 2.52. The molecule has 13 heavy (non-hydrogen) atoms. The summed E-state index contributed by atoms with van der Waals surface area (Å²) in [7, 11) is 0. The maximum atomic E-state index is 5.80. The standard InChI is InChI=1S/C10H22N2O/c1-3-10(11)7-12-6-9-4-5-13-8(9)2/h8-10,12H,3-7,11H2,1-2H3. The van der Waals surface area contributed by atoms with Crippen molar-refractivity contribution in [1.29, 1.82) is 0 Å². The predicted molar refractivity (Wildman–Crippen MR) is 54.7 cm³/mol. The molecule has 3 atom stereocenters. The van der Waals surface area contributed by atoms with Gasteiger partial charge in [-0.2, -0.15) is 0 Å². The van der Waals surface area contributed by atoms with E-state index in [1.807, 2.05) is 0 Å². The van der Waals surface area contributed by atoms with Gasteiger partial charge in [-0.1, -0.05) is 6.92 Å². The van der Waals surface area contributed by atoms with Crippen LogP contribution in [0.15, 0.2) is 0 Å². The summed E-state index contributed by atoms with van der Waals surface area (Å²) in [6, 6.07) is 0.303. The van der Waals surface area contributed by atoms with E-state index < -0.39 is 0 Å². The number of hydrogen-bond acceptors (Lipinski definition) is 3. The van der Waals surface area contributed by atoms with Gasteiger partial charge in [-0.3, -0.25) is 0 Å². The van der Waals surface area contributed by atoms with Crippen LogP contribution in [0, 0.1) is 5.92 Å². The van der Waals surface area contributed by atoms with Crippen molar-refractivity contribution in [3.8, 4) is 0 Å². The van der Waals surface area contributed by atoms with Crippen molar-refractivity contribution in [2.75, 3.05) is 19.7 Å². The highest BCUT2D eigenvalue weighted by Crippen LogP contribution is 2.18. The lowest BCUT2D eigenvalue weighted by molar-refractivity contribution is 0.105. The van der Waals surface area contributed by atoms with Crippen molar-refractivity contribution in [2.24, 2.45) is 11.7 Å². The molecule has 0 aromatic rings. The Bertz CT molecular complexity index is 141. The Balaban J connectivity index is 2.05. The molecule has 3 nitrogen and oxygen atoms in total. The molecular weight excluding hydrogens is 164 g/mol. The Morgan fingerprint density at radius 1 is 1.62 bits per heavy atom. The van der Waals surface area contributed by atoms with E-state index in [-0.39, 0.29) is 0 Å². The third kappa shape index (κ3) is 3.63. The molecule has 0 aromatic heterocycles. The molecule has 0 aliphatic carbocycles. The topological polar surface area (TPSA) is 47.3 Å². The van der Waals surface area contributed by atoms with Crippen LogP contribution in [0.1, 0.15) is 26.7 Å². The second-order valence-electron chi connectivity index (χ2n) is 3.95. The fraction of sp³-hybridized carbons (Fsp3) is 1.00. The smallest absolute Gasteiger partial charge is 0.0588 e. The molecule has 0 aromatic carbocycles. The third-order valence-electron chi connectivity index (χ3n) is 2.87. The van der Waals surface area contributed by atoms with Crippen LogP contribution in [0.4, 0.5) is 0 Å². The van der Waals surface area contributed by atoms with E-state index in [1.54, 1.807) is 0 Å². The SMILES string of the molecule is CCC(N)CNCC1CCOC1C. The van der Waals surface area contributed by atoms with Gasteiger partial charge < -0.3 is 15.8 Å². The minimum Gasteiger partial charge on any atom is -0.378 e. The molecule has 3 unspecified atom stereocenters. The first-order valence-electron chi connectivity index (χ1n) is 5.32. The van der Waals surface area contributed by atoms with Crippen molar-refractivity contribution in [3.63, 3.8) is 0 Å². The van der Waals surface area contributed by atoms with Crippen LogP contribution in [0.25, 0.3) is 0 Å². The van der Waals surface area contributed by atoms with Gasteiger partial charge in [0.05, 0.1) is 6.10 Å². The Morgan fingerprint density at radius 2 is 2.38 bits per heavy atom. The van der Waals surface area contributed by atoms with E-state index in [4.69, 9.17) is 10.5 Å². The summed E-state index contributed by atoms with van der Waals surface area (Å²) in [5, 5.41) is 3.40. The molecule has 0 bridgehead atoms. The quantitative estimate of drug-likeness (QED) is 0.665. The van der Waals surface area contributed by atoms with Gasteiger partial charge >= 0.3 is 0 Å². The zero-order valence-corrected chi connectivity index (χ0v) is 8.75. The van der Waals surface area contributed by atoms with E-state index in [2.05, 4.69) is 19.2 Å². The summed E-state index contributed by atoms with van der Waals surface area (Å²) in [6.07, 6.45) is 2.66. The van der Waals surface area contributed by atoms with Crippen molar-refractivity contribution in [1.82, 2.24) is 5.32 Å². The largest absolute Gasteiger partial charge is 0.378 e. The van der Waals surface area contributed by atoms with E-state index in [0.717, 1.165) is 26.1 Å². The van der Waals surface area contributed by atoms with Crippen LogP contribution in [0.3, 0.4) is 0 Å². The van der Waals surface area contributed by atoms with Crippen LogP contribution in [-0.2, 0) is 4.74 Å². The van der Waals surface area contributed by atoms with Gasteiger partial charge in [0.25, 0.3) is 0 Å². The first-order valence-corrected chi connectivity index (χ1v) is 5.32. The first-order chi connectivity index (χ1) is 6.24. The van der Waals surface area contributed by atoms with Gasteiger partial charge in [0, 0.05) is 25.7 Å². The van der Waals surface area contributed by atoms with Crippen molar-refractivity contribution in [2.45, 2.75) is 38.8 Å². The number of ether oxygens (including phenoxy) is 1. The number of nitrogens with one attached hydrogen (secondary N) is 1. The predicted octanol–water partition coefficient (Wildman–Crippen LogP) is 0.738. The van der Waals surface area contributed by atoms with E-state index in [1.165, 1.54) is 6.42 Å². The Hall–Kier alpha value is -0.120. The van der Waals surface area contributed by atoms with E-state index in [9.17, 15) is 0 Å². The van der Waals surface area contributed by atoms with E-state index >= 15 is 0 Å². The number of nitrogens with two attached hydrogens (primary N) is 1. The highest BCUT2D eigenvalue weighted by Gasteiger charge is 2.23. The molecule has 0 radical (unpaired) electrons. The summed E-state index contributed by atoms with van der Waals surface area (Å²) in [6.45, 7) is 7.18. The Kier molecular flexibility index (Phi) is 4.70. The molecule has 1 rings (SSSR count). The summed E-state index contributed by atoms with van der Waals surface area (Å²) >= 11 is 0. The van der Waals surface area contributed by atoms with Crippen LogP contribution in [0.5, 0.6) is 0 Å². The second kappa shape index (κ2) is 5.58.